The second-order valence-corrected chi connectivity index (χ2v) is 6.05. The van der Waals surface area contributed by atoms with E-state index in [1.54, 1.807) is 36.4 Å². The zero-order valence-corrected chi connectivity index (χ0v) is 13.6. The van der Waals surface area contributed by atoms with Gasteiger partial charge in [0, 0.05) is 22.8 Å². The van der Waals surface area contributed by atoms with Gasteiger partial charge in [0.05, 0.1) is 0 Å². The fourth-order valence-electron chi connectivity index (χ4n) is 1.80. The molecule has 3 N–H and O–H groups in total. The first kappa shape index (κ1) is 17.8. The number of hydrogen-bond acceptors (Lipinski definition) is 4. The first-order valence-electron chi connectivity index (χ1n) is 7.22. The number of thioether (sulfide) groups is 1. The SMILES string of the molecule is NC(=O)COc1ccc(NC(=O)CCSc2ccc(F)cc2)cc1. The van der Waals surface area contributed by atoms with Crippen LogP contribution in [0.25, 0.3) is 0 Å². The zero-order valence-electron chi connectivity index (χ0n) is 12.8. The van der Waals surface area contributed by atoms with Crippen LogP contribution in [0.1, 0.15) is 6.42 Å². The summed E-state index contributed by atoms with van der Waals surface area (Å²) in [5, 5.41) is 2.77. The molecule has 0 unspecified atom stereocenters. The zero-order chi connectivity index (χ0) is 17.4. The maximum absolute atomic E-state index is 12.8. The van der Waals surface area contributed by atoms with E-state index in [0.29, 0.717) is 23.6 Å². The lowest BCUT2D eigenvalue weighted by molar-refractivity contribution is -0.120. The van der Waals surface area contributed by atoms with Gasteiger partial charge in [-0.25, -0.2) is 4.39 Å². The van der Waals surface area contributed by atoms with Crippen LogP contribution in [0.5, 0.6) is 5.75 Å². The Labute approximate surface area is 143 Å². The number of ether oxygens (including phenoxy) is 1. The Morgan fingerprint density at radius 2 is 1.75 bits per heavy atom. The number of primary amides is 1. The van der Waals surface area contributed by atoms with Crippen LogP contribution in [-0.4, -0.2) is 24.2 Å². The number of hydrogen-bond donors (Lipinski definition) is 2. The molecule has 0 heterocycles. The molecule has 0 bridgehead atoms. The van der Waals surface area contributed by atoms with E-state index in [1.165, 1.54) is 23.9 Å². The van der Waals surface area contributed by atoms with E-state index in [-0.39, 0.29) is 18.3 Å². The normalized spacial score (nSPS) is 10.2. The summed E-state index contributed by atoms with van der Waals surface area (Å²) in [6.07, 6.45) is 0.335. The summed E-state index contributed by atoms with van der Waals surface area (Å²) in [4.78, 5) is 23.4. The Bertz CT molecular complexity index is 690. The molecule has 2 rings (SSSR count). The number of carbonyl (C=O) groups is 2. The van der Waals surface area contributed by atoms with Gasteiger partial charge in [0.15, 0.2) is 6.61 Å². The van der Waals surface area contributed by atoms with E-state index >= 15 is 0 Å². The summed E-state index contributed by atoms with van der Waals surface area (Å²) in [7, 11) is 0. The molecule has 2 aromatic carbocycles. The molecular formula is C17H17FN2O3S. The lowest BCUT2D eigenvalue weighted by Gasteiger charge is -2.07. The highest BCUT2D eigenvalue weighted by molar-refractivity contribution is 7.99. The summed E-state index contributed by atoms with van der Waals surface area (Å²) in [6.45, 7) is -0.188. The van der Waals surface area contributed by atoms with E-state index in [0.717, 1.165) is 4.90 Å². The molecular weight excluding hydrogens is 331 g/mol. The van der Waals surface area contributed by atoms with Crippen LogP contribution in [0, 0.1) is 5.82 Å². The largest absolute Gasteiger partial charge is 0.484 e. The number of halogens is 1. The summed E-state index contributed by atoms with van der Waals surface area (Å²) in [5.74, 6) is 0.150. The molecule has 0 aliphatic carbocycles. The highest BCUT2D eigenvalue weighted by atomic mass is 32.2. The molecule has 0 saturated carbocycles. The highest BCUT2D eigenvalue weighted by Gasteiger charge is 2.04. The number of nitrogens with one attached hydrogen (secondary N) is 1. The van der Waals surface area contributed by atoms with E-state index in [1.807, 2.05) is 0 Å². The van der Waals surface area contributed by atoms with Crippen LogP contribution in [0.3, 0.4) is 0 Å². The Morgan fingerprint density at radius 1 is 1.08 bits per heavy atom. The van der Waals surface area contributed by atoms with Crippen LogP contribution in [-0.2, 0) is 9.59 Å². The predicted octanol–water partition coefficient (Wildman–Crippen LogP) is 2.81. The molecule has 0 fully saturated rings. The molecule has 0 saturated heterocycles. The van der Waals surface area contributed by atoms with Gasteiger partial charge in [0.2, 0.25) is 5.91 Å². The van der Waals surface area contributed by atoms with Crippen LogP contribution < -0.4 is 15.8 Å². The number of amides is 2. The minimum absolute atomic E-state index is 0.115. The molecule has 7 heteroatoms. The van der Waals surface area contributed by atoms with Crippen molar-refractivity contribution in [1.29, 1.82) is 0 Å². The van der Waals surface area contributed by atoms with Gasteiger partial charge >= 0.3 is 0 Å². The molecule has 24 heavy (non-hydrogen) atoms. The molecule has 0 radical (unpaired) electrons. The van der Waals surface area contributed by atoms with Crippen molar-refractivity contribution in [2.75, 3.05) is 17.7 Å². The van der Waals surface area contributed by atoms with Crippen molar-refractivity contribution in [1.82, 2.24) is 0 Å². The van der Waals surface area contributed by atoms with Crippen LogP contribution >= 0.6 is 11.8 Å². The fraction of sp³-hybridized carbons (Fsp3) is 0.176. The molecule has 2 amide bonds. The van der Waals surface area contributed by atoms with Crippen molar-refractivity contribution in [3.05, 3.63) is 54.3 Å². The third-order valence-corrected chi connectivity index (χ3v) is 3.94. The van der Waals surface area contributed by atoms with Crippen LogP contribution in [0.4, 0.5) is 10.1 Å². The van der Waals surface area contributed by atoms with Gasteiger partial charge in [-0.2, -0.15) is 0 Å². The topological polar surface area (TPSA) is 81.4 Å². The summed E-state index contributed by atoms with van der Waals surface area (Å²) in [6, 6.07) is 12.8. The quantitative estimate of drug-likeness (QED) is 0.719. The number of carbonyl (C=O) groups excluding carboxylic acids is 2. The summed E-state index contributed by atoms with van der Waals surface area (Å²) >= 11 is 1.49. The molecule has 2 aromatic rings. The maximum Gasteiger partial charge on any atom is 0.255 e. The summed E-state index contributed by atoms with van der Waals surface area (Å²) < 4.78 is 17.9. The van der Waals surface area contributed by atoms with Crippen molar-refractivity contribution in [2.24, 2.45) is 5.73 Å². The first-order valence-corrected chi connectivity index (χ1v) is 8.21. The van der Waals surface area contributed by atoms with E-state index in [4.69, 9.17) is 10.5 Å². The Balaban J connectivity index is 1.73. The molecule has 0 atom stereocenters. The van der Waals surface area contributed by atoms with Crippen molar-refractivity contribution < 1.29 is 18.7 Å². The Morgan fingerprint density at radius 3 is 2.38 bits per heavy atom. The van der Waals surface area contributed by atoms with Gasteiger partial charge in [-0.05, 0) is 48.5 Å². The maximum atomic E-state index is 12.8. The third-order valence-electron chi connectivity index (χ3n) is 2.93. The van der Waals surface area contributed by atoms with Gasteiger partial charge in [0.25, 0.3) is 5.91 Å². The monoisotopic (exact) mass is 348 g/mol. The van der Waals surface area contributed by atoms with Gasteiger partial charge in [-0.1, -0.05) is 0 Å². The van der Waals surface area contributed by atoms with E-state index in [2.05, 4.69) is 5.32 Å². The van der Waals surface area contributed by atoms with Crippen LogP contribution in [0.15, 0.2) is 53.4 Å². The second-order valence-electron chi connectivity index (χ2n) is 4.88. The van der Waals surface area contributed by atoms with E-state index < -0.39 is 5.91 Å². The molecule has 126 valence electrons. The minimum Gasteiger partial charge on any atom is -0.484 e. The van der Waals surface area contributed by atoms with Gasteiger partial charge in [-0.3, -0.25) is 9.59 Å². The molecule has 0 aliphatic rings. The van der Waals surface area contributed by atoms with E-state index in [9.17, 15) is 14.0 Å². The van der Waals surface area contributed by atoms with Crippen molar-refractivity contribution in [3.8, 4) is 5.75 Å². The fourth-order valence-corrected chi connectivity index (χ4v) is 2.66. The summed E-state index contributed by atoms with van der Waals surface area (Å²) in [5.41, 5.74) is 5.63. The number of rotatable bonds is 8. The second kappa shape index (κ2) is 8.93. The van der Waals surface area contributed by atoms with Crippen molar-refractivity contribution in [3.63, 3.8) is 0 Å². The molecule has 0 aliphatic heterocycles. The first-order chi connectivity index (χ1) is 11.5. The number of nitrogens with two attached hydrogens (primary N) is 1. The third kappa shape index (κ3) is 6.29. The lowest BCUT2D eigenvalue weighted by Crippen LogP contribution is -2.20. The van der Waals surface area contributed by atoms with Gasteiger partial charge < -0.3 is 15.8 Å². The predicted molar refractivity (Wildman–Crippen MR) is 91.5 cm³/mol. The average Bonchev–Trinajstić information content (AvgIpc) is 2.56. The van der Waals surface area contributed by atoms with Gasteiger partial charge in [0.1, 0.15) is 11.6 Å². The minimum atomic E-state index is -0.550. The highest BCUT2D eigenvalue weighted by Crippen LogP contribution is 2.20. The Hall–Kier alpha value is -2.54. The lowest BCUT2D eigenvalue weighted by atomic mass is 10.3. The standard InChI is InChI=1S/C17H17FN2O3S/c18-12-1-7-15(8-2-12)24-10-9-17(22)20-13-3-5-14(6-4-13)23-11-16(19)21/h1-8H,9-11H2,(H2,19,21)(H,20,22). The number of benzene rings is 2. The van der Waals surface area contributed by atoms with Crippen molar-refractivity contribution >= 4 is 29.3 Å². The smallest absolute Gasteiger partial charge is 0.255 e. The average molecular weight is 348 g/mol. The molecule has 5 nitrogen and oxygen atoms in total. The Kier molecular flexibility index (Phi) is 6.62. The van der Waals surface area contributed by atoms with Crippen LogP contribution in [0.2, 0.25) is 0 Å². The van der Waals surface area contributed by atoms with Gasteiger partial charge in [-0.15, -0.1) is 11.8 Å². The molecule has 0 aromatic heterocycles. The van der Waals surface area contributed by atoms with Crippen molar-refractivity contribution in [2.45, 2.75) is 11.3 Å². The number of anilines is 1. The molecule has 0 spiro atoms.